The fourth-order valence-electron chi connectivity index (χ4n) is 1.98. The number of rotatable bonds is 5. The lowest BCUT2D eigenvalue weighted by Gasteiger charge is -2.13. The minimum atomic E-state index is -0.696. The first-order chi connectivity index (χ1) is 10.1. The molecule has 1 N–H and O–H groups in total. The molecule has 2 aromatic rings. The van der Waals surface area contributed by atoms with Gasteiger partial charge in [0.2, 0.25) is 0 Å². The van der Waals surface area contributed by atoms with Gasteiger partial charge < -0.3 is 14.8 Å². The second kappa shape index (κ2) is 6.74. The molecule has 110 valence electrons. The lowest BCUT2D eigenvalue weighted by molar-refractivity contribution is -0.144. The summed E-state index contributed by atoms with van der Waals surface area (Å²) < 4.78 is 10.1. The van der Waals surface area contributed by atoms with Crippen molar-refractivity contribution in [2.24, 2.45) is 0 Å². The van der Waals surface area contributed by atoms with E-state index >= 15 is 0 Å². The van der Waals surface area contributed by atoms with Gasteiger partial charge in [-0.25, -0.2) is 4.79 Å². The summed E-state index contributed by atoms with van der Waals surface area (Å²) in [6.45, 7) is 1.40. The van der Waals surface area contributed by atoms with Crippen molar-refractivity contribution in [1.29, 1.82) is 0 Å². The van der Waals surface area contributed by atoms with Crippen molar-refractivity contribution in [3.8, 4) is 5.75 Å². The maximum atomic E-state index is 11.7. The van der Waals surface area contributed by atoms with Gasteiger partial charge in [0.15, 0.2) is 6.61 Å². The smallest absolute Gasteiger partial charge is 0.328 e. The molecule has 21 heavy (non-hydrogen) atoms. The van der Waals surface area contributed by atoms with Crippen LogP contribution in [0.1, 0.15) is 6.92 Å². The fraction of sp³-hybridized carbons (Fsp3) is 0.250. The number of carbonyl (C=O) groups excluding carboxylic acids is 2. The number of nitrogens with one attached hydrogen (secondary N) is 1. The number of hydrogen-bond acceptors (Lipinski definition) is 4. The Morgan fingerprint density at radius 2 is 1.86 bits per heavy atom. The van der Waals surface area contributed by atoms with Crippen molar-refractivity contribution in [1.82, 2.24) is 5.32 Å². The monoisotopic (exact) mass is 287 g/mol. The van der Waals surface area contributed by atoms with Crippen LogP contribution in [0.5, 0.6) is 5.75 Å². The zero-order chi connectivity index (χ0) is 15.2. The Bertz CT molecular complexity index is 648. The largest absolute Gasteiger partial charge is 0.483 e. The number of ether oxygens (including phenoxy) is 2. The Kier molecular flexibility index (Phi) is 4.77. The van der Waals surface area contributed by atoms with Gasteiger partial charge in [-0.1, -0.05) is 36.4 Å². The fourth-order valence-corrected chi connectivity index (χ4v) is 1.98. The second-order valence-electron chi connectivity index (χ2n) is 4.58. The summed E-state index contributed by atoms with van der Waals surface area (Å²) in [7, 11) is 1.28. The van der Waals surface area contributed by atoms with E-state index in [9.17, 15) is 9.59 Å². The highest BCUT2D eigenvalue weighted by molar-refractivity contribution is 5.89. The van der Waals surface area contributed by atoms with Gasteiger partial charge in [-0.05, 0) is 18.4 Å². The van der Waals surface area contributed by atoms with Crippen LogP contribution in [0.2, 0.25) is 0 Å². The van der Waals surface area contributed by atoms with E-state index in [0.717, 1.165) is 10.8 Å². The van der Waals surface area contributed by atoms with E-state index in [1.54, 1.807) is 13.0 Å². The number of benzene rings is 2. The molecule has 1 atom stereocenters. The molecule has 0 aliphatic carbocycles. The quantitative estimate of drug-likeness (QED) is 0.853. The number of esters is 1. The Morgan fingerprint density at radius 3 is 2.62 bits per heavy atom. The van der Waals surface area contributed by atoms with Gasteiger partial charge in [-0.15, -0.1) is 0 Å². The van der Waals surface area contributed by atoms with Gasteiger partial charge in [0.05, 0.1) is 7.11 Å². The zero-order valence-corrected chi connectivity index (χ0v) is 12.0. The number of hydrogen-bond donors (Lipinski definition) is 1. The van der Waals surface area contributed by atoms with Gasteiger partial charge >= 0.3 is 5.97 Å². The molecule has 0 bridgehead atoms. The van der Waals surface area contributed by atoms with E-state index < -0.39 is 12.0 Å². The van der Waals surface area contributed by atoms with Crippen LogP contribution in [0.4, 0.5) is 0 Å². The van der Waals surface area contributed by atoms with Crippen molar-refractivity contribution in [2.75, 3.05) is 13.7 Å². The minimum absolute atomic E-state index is 0.157. The Morgan fingerprint density at radius 1 is 1.14 bits per heavy atom. The Hall–Kier alpha value is -2.56. The highest BCUT2D eigenvalue weighted by atomic mass is 16.5. The normalized spacial score (nSPS) is 11.7. The summed E-state index contributed by atoms with van der Waals surface area (Å²) >= 11 is 0. The van der Waals surface area contributed by atoms with Crippen molar-refractivity contribution >= 4 is 22.6 Å². The highest BCUT2D eigenvalue weighted by Gasteiger charge is 2.16. The zero-order valence-electron chi connectivity index (χ0n) is 12.0. The molecule has 5 nitrogen and oxygen atoms in total. The summed E-state index contributed by atoms with van der Waals surface area (Å²) in [5.74, 6) is -0.233. The molecular weight excluding hydrogens is 270 g/mol. The maximum Gasteiger partial charge on any atom is 0.328 e. The SMILES string of the molecule is COC(=O)[C@@H](C)NC(=O)COc1cccc2ccccc12. The van der Waals surface area contributed by atoms with Gasteiger partial charge in [-0.2, -0.15) is 0 Å². The molecular formula is C16H17NO4. The van der Waals surface area contributed by atoms with E-state index in [4.69, 9.17) is 4.74 Å². The van der Waals surface area contributed by atoms with Crippen LogP contribution in [0, 0.1) is 0 Å². The van der Waals surface area contributed by atoms with Crippen molar-refractivity contribution < 1.29 is 19.1 Å². The predicted molar refractivity (Wildman–Crippen MR) is 79.1 cm³/mol. The Labute approximate surface area is 122 Å². The van der Waals surface area contributed by atoms with Crippen LogP contribution in [0.3, 0.4) is 0 Å². The average molecular weight is 287 g/mol. The van der Waals surface area contributed by atoms with Gasteiger partial charge in [0.25, 0.3) is 5.91 Å². The molecule has 0 saturated carbocycles. The first-order valence-corrected chi connectivity index (χ1v) is 6.59. The standard InChI is InChI=1S/C16H17NO4/c1-11(16(19)20-2)17-15(18)10-21-14-9-5-7-12-6-3-4-8-13(12)14/h3-9,11H,10H2,1-2H3,(H,17,18)/t11-/m1/s1. The third kappa shape index (κ3) is 3.72. The van der Waals surface area contributed by atoms with Gasteiger partial charge in [0, 0.05) is 5.39 Å². The third-order valence-corrected chi connectivity index (χ3v) is 3.04. The summed E-state index contributed by atoms with van der Waals surface area (Å²) in [5.41, 5.74) is 0. The lowest BCUT2D eigenvalue weighted by Crippen LogP contribution is -2.41. The summed E-state index contributed by atoms with van der Waals surface area (Å²) in [6.07, 6.45) is 0. The van der Waals surface area contributed by atoms with Crippen LogP contribution >= 0.6 is 0 Å². The molecule has 0 aliphatic rings. The second-order valence-corrected chi connectivity index (χ2v) is 4.58. The third-order valence-electron chi connectivity index (χ3n) is 3.04. The number of carbonyl (C=O) groups is 2. The molecule has 0 fully saturated rings. The number of amides is 1. The van der Waals surface area contributed by atoms with Gasteiger partial charge in [0.1, 0.15) is 11.8 Å². The van der Waals surface area contributed by atoms with Crippen LogP contribution in [0.25, 0.3) is 10.8 Å². The molecule has 0 saturated heterocycles. The van der Waals surface area contributed by atoms with Crippen molar-refractivity contribution in [3.63, 3.8) is 0 Å². The summed E-state index contributed by atoms with van der Waals surface area (Å²) in [6, 6.07) is 12.7. The first kappa shape index (κ1) is 14.8. The van der Waals surface area contributed by atoms with E-state index in [1.165, 1.54) is 7.11 Å². The number of fused-ring (bicyclic) bond motifs is 1. The summed E-state index contributed by atoms with van der Waals surface area (Å²) in [4.78, 5) is 23.0. The Balaban J connectivity index is 1.99. The molecule has 5 heteroatoms. The molecule has 0 heterocycles. The molecule has 2 aromatic carbocycles. The lowest BCUT2D eigenvalue weighted by atomic mass is 10.1. The van der Waals surface area contributed by atoms with E-state index in [2.05, 4.69) is 10.1 Å². The van der Waals surface area contributed by atoms with Crippen LogP contribution in [-0.2, 0) is 14.3 Å². The van der Waals surface area contributed by atoms with Gasteiger partial charge in [-0.3, -0.25) is 4.79 Å². The maximum absolute atomic E-state index is 11.7. The minimum Gasteiger partial charge on any atom is -0.483 e. The molecule has 0 radical (unpaired) electrons. The molecule has 1 amide bonds. The van der Waals surface area contributed by atoms with Crippen LogP contribution in [-0.4, -0.2) is 31.6 Å². The first-order valence-electron chi connectivity index (χ1n) is 6.59. The van der Waals surface area contributed by atoms with Crippen LogP contribution < -0.4 is 10.1 Å². The van der Waals surface area contributed by atoms with Crippen molar-refractivity contribution in [2.45, 2.75) is 13.0 Å². The topological polar surface area (TPSA) is 64.6 Å². The van der Waals surface area contributed by atoms with E-state index in [-0.39, 0.29) is 12.5 Å². The number of methoxy groups -OCH3 is 1. The van der Waals surface area contributed by atoms with E-state index in [0.29, 0.717) is 5.75 Å². The van der Waals surface area contributed by atoms with E-state index in [1.807, 2.05) is 36.4 Å². The predicted octanol–water partition coefficient (Wildman–Crippen LogP) is 1.90. The average Bonchev–Trinajstić information content (AvgIpc) is 2.51. The van der Waals surface area contributed by atoms with Crippen molar-refractivity contribution in [3.05, 3.63) is 42.5 Å². The molecule has 2 rings (SSSR count). The van der Waals surface area contributed by atoms with Crippen LogP contribution in [0.15, 0.2) is 42.5 Å². The highest BCUT2D eigenvalue weighted by Crippen LogP contribution is 2.24. The molecule has 0 spiro atoms. The molecule has 0 aromatic heterocycles. The molecule has 0 unspecified atom stereocenters. The summed E-state index contributed by atoms with van der Waals surface area (Å²) in [5, 5.41) is 4.49. The molecule has 0 aliphatic heterocycles.